The average molecular weight is 576 g/mol. The lowest BCUT2D eigenvalue weighted by Crippen LogP contribution is -2.00. The molecule has 0 unspecified atom stereocenters. The standard InChI is InChI=1S/C44H26O/c1-3-8-27(9-4-1)32-19-25-40-39(26-32)35-13-7-12-29-18-24-38(44(45-40)43(29)35)34-21-15-31-16-22-36-33(28-10-5-2-6-11-28)20-14-30-17-23-37(34)42(31)41(30)36/h1-26H/i2D,5D,6D,10D,11D. The number of rotatable bonds is 3. The maximum atomic E-state index is 8.71. The first-order valence-corrected chi connectivity index (χ1v) is 15.1. The summed E-state index contributed by atoms with van der Waals surface area (Å²) < 4.78 is 49.0. The van der Waals surface area contributed by atoms with Crippen molar-refractivity contribution in [1.29, 1.82) is 0 Å². The third-order valence-electron chi connectivity index (χ3n) is 9.31. The van der Waals surface area contributed by atoms with Crippen LogP contribution in [0.25, 0.3) is 87.6 Å². The lowest BCUT2D eigenvalue weighted by molar-refractivity contribution is 0.489. The average Bonchev–Trinajstić information content (AvgIpc) is 3.16. The van der Waals surface area contributed by atoms with Crippen LogP contribution >= 0.6 is 0 Å². The van der Waals surface area contributed by atoms with E-state index in [1.54, 1.807) is 0 Å². The second kappa shape index (κ2) is 9.29. The van der Waals surface area contributed by atoms with Crippen LogP contribution in [0.4, 0.5) is 0 Å². The van der Waals surface area contributed by atoms with Crippen LogP contribution in [-0.4, -0.2) is 0 Å². The first-order valence-electron chi connectivity index (χ1n) is 17.6. The first-order chi connectivity index (χ1) is 24.4. The SMILES string of the molecule is [2H]c1c([2H])c([2H])c(-c2ccc3ccc4c(-c5ccc6cccc7c6c5Oc5ccc(-c6ccccc6)cc5-7)ccc5ccc2c3c54)c([2H])c1[2H]. The van der Waals surface area contributed by atoms with Gasteiger partial charge >= 0.3 is 0 Å². The van der Waals surface area contributed by atoms with Gasteiger partial charge in [-0.3, -0.25) is 0 Å². The van der Waals surface area contributed by atoms with Gasteiger partial charge in [-0.15, -0.1) is 0 Å². The largest absolute Gasteiger partial charge is 0.455 e. The zero-order valence-corrected chi connectivity index (χ0v) is 24.0. The Bertz CT molecular complexity index is 2870. The zero-order chi connectivity index (χ0) is 33.8. The quantitative estimate of drug-likeness (QED) is 0.190. The van der Waals surface area contributed by atoms with Crippen molar-refractivity contribution in [2.24, 2.45) is 0 Å². The van der Waals surface area contributed by atoms with E-state index in [9.17, 15) is 0 Å². The Hall–Kier alpha value is -5.92. The van der Waals surface area contributed by atoms with E-state index in [-0.39, 0.29) is 29.7 Å². The fraction of sp³-hybridized carbons (Fsp3) is 0. The minimum atomic E-state index is -0.393. The minimum Gasteiger partial charge on any atom is -0.455 e. The maximum absolute atomic E-state index is 8.71. The number of fused-ring (bicyclic) bond motifs is 2. The Balaban J connectivity index is 1.22. The molecule has 0 aromatic heterocycles. The van der Waals surface area contributed by atoms with Crippen molar-refractivity contribution in [3.05, 3.63) is 158 Å². The molecule has 0 radical (unpaired) electrons. The first kappa shape index (κ1) is 20.1. The molecular weight excluding hydrogens is 544 g/mol. The van der Waals surface area contributed by atoms with Gasteiger partial charge in [-0.05, 0) is 89.3 Å². The monoisotopic (exact) mass is 575 g/mol. The molecule has 0 atom stereocenters. The van der Waals surface area contributed by atoms with Crippen LogP contribution in [0.5, 0.6) is 11.5 Å². The van der Waals surface area contributed by atoms with Crippen molar-refractivity contribution in [3.63, 3.8) is 0 Å². The van der Waals surface area contributed by atoms with Gasteiger partial charge in [0.15, 0.2) is 0 Å². The van der Waals surface area contributed by atoms with Crippen LogP contribution in [0.2, 0.25) is 0 Å². The summed E-state index contributed by atoms with van der Waals surface area (Å²) in [4.78, 5) is 0. The van der Waals surface area contributed by atoms with Crippen molar-refractivity contribution < 1.29 is 11.6 Å². The van der Waals surface area contributed by atoms with Crippen molar-refractivity contribution >= 4 is 43.1 Å². The van der Waals surface area contributed by atoms with Gasteiger partial charge in [0.1, 0.15) is 11.5 Å². The molecule has 0 fully saturated rings. The molecule has 0 saturated carbocycles. The maximum Gasteiger partial charge on any atom is 0.143 e. The Morgan fingerprint density at radius 3 is 1.84 bits per heavy atom. The second-order valence-electron chi connectivity index (χ2n) is 11.7. The molecule has 1 nitrogen and oxygen atoms in total. The molecule has 9 aromatic rings. The molecule has 1 aliphatic heterocycles. The molecule has 208 valence electrons. The predicted molar refractivity (Wildman–Crippen MR) is 189 cm³/mol. The van der Waals surface area contributed by atoms with Crippen LogP contribution in [0.3, 0.4) is 0 Å². The number of hydrogen-bond donors (Lipinski definition) is 0. The molecule has 0 amide bonds. The van der Waals surface area contributed by atoms with E-state index in [4.69, 9.17) is 11.6 Å². The molecule has 1 aliphatic rings. The Labute approximate surface area is 267 Å². The van der Waals surface area contributed by atoms with E-state index in [0.29, 0.717) is 5.56 Å². The van der Waals surface area contributed by atoms with Crippen molar-refractivity contribution in [3.8, 4) is 56.0 Å². The van der Waals surface area contributed by atoms with E-state index in [2.05, 4.69) is 103 Å². The van der Waals surface area contributed by atoms with E-state index < -0.39 is 6.04 Å². The van der Waals surface area contributed by atoms with Crippen LogP contribution in [0.1, 0.15) is 6.85 Å². The van der Waals surface area contributed by atoms with Gasteiger partial charge in [0, 0.05) is 16.5 Å². The highest BCUT2D eigenvalue weighted by Crippen LogP contribution is 2.52. The summed E-state index contributed by atoms with van der Waals surface area (Å²) in [6.45, 7) is 0. The molecule has 45 heavy (non-hydrogen) atoms. The second-order valence-corrected chi connectivity index (χ2v) is 11.7. The number of hydrogen-bond acceptors (Lipinski definition) is 1. The van der Waals surface area contributed by atoms with Crippen LogP contribution in [0, 0.1) is 0 Å². The number of benzene rings is 9. The van der Waals surface area contributed by atoms with E-state index in [0.717, 1.165) is 88.0 Å². The van der Waals surface area contributed by atoms with Gasteiger partial charge in [0.2, 0.25) is 0 Å². The van der Waals surface area contributed by atoms with Gasteiger partial charge in [-0.25, -0.2) is 0 Å². The Morgan fingerprint density at radius 2 is 1.07 bits per heavy atom. The van der Waals surface area contributed by atoms with Crippen molar-refractivity contribution in [1.82, 2.24) is 0 Å². The summed E-state index contributed by atoms with van der Waals surface area (Å²) in [5.74, 6) is 1.64. The van der Waals surface area contributed by atoms with Gasteiger partial charge in [0.05, 0.1) is 6.85 Å². The highest BCUT2D eigenvalue weighted by molar-refractivity contribution is 6.28. The molecule has 9 aromatic carbocycles. The molecule has 0 bridgehead atoms. The van der Waals surface area contributed by atoms with Gasteiger partial charge in [0.25, 0.3) is 0 Å². The molecule has 10 rings (SSSR count). The molecule has 1 heteroatoms. The van der Waals surface area contributed by atoms with Gasteiger partial charge in [-0.1, -0.05) is 139 Å². The predicted octanol–water partition coefficient (Wildman–Crippen LogP) is 12.5. The lowest BCUT2D eigenvalue weighted by atomic mass is 9.85. The molecule has 0 spiro atoms. The van der Waals surface area contributed by atoms with E-state index in [1.165, 1.54) is 0 Å². The highest BCUT2D eigenvalue weighted by atomic mass is 16.5. The topological polar surface area (TPSA) is 9.23 Å². The minimum absolute atomic E-state index is 0.203. The summed E-state index contributed by atoms with van der Waals surface area (Å²) in [5, 5.41) is 8.24. The lowest BCUT2D eigenvalue weighted by Gasteiger charge is -2.25. The fourth-order valence-electron chi connectivity index (χ4n) is 7.28. The summed E-state index contributed by atoms with van der Waals surface area (Å²) in [5.41, 5.74) is 7.36. The third-order valence-corrected chi connectivity index (χ3v) is 9.31. The van der Waals surface area contributed by atoms with Crippen LogP contribution in [0.15, 0.2) is 158 Å². The summed E-state index contributed by atoms with van der Waals surface area (Å²) in [6, 6.07) is 42.6. The molecule has 0 N–H and O–H groups in total. The summed E-state index contributed by atoms with van der Waals surface area (Å²) in [7, 11) is 0. The van der Waals surface area contributed by atoms with E-state index in [1.807, 2.05) is 24.3 Å². The molecule has 0 aliphatic carbocycles. The van der Waals surface area contributed by atoms with Crippen molar-refractivity contribution in [2.45, 2.75) is 0 Å². The van der Waals surface area contributed by atoms with Gasteiger partial charge < -0.3 is 4.74 Å². The van der Waals surface area contributed by atoms with Crippen molar-refractivity contribution in [2.75, 3.05) is 0 Å². The molecular formula is C44H26O. The summed E-state index contributed by atoms with van der Waals surface area (Å²) >= 11 is 0. The third kappa shape index (κ3) is 3.56. The molecule has 1 heterocycles. The normalized spacial score (nSPS) is 13.7. The number of ether oxygens (including phenoxy) is 1. The summed E-state index contributed by atoms with van der Waals surface area (Å²) in [6.07, 6.45) is 0. The van der Waals surface area contributed by atoms with Crippen LogP contribution in [-0.2, 0) is 0 Å². The fourth-order valence-corrected chi connectivity index (χ4v) is 7.28. The van der Waals surface area contributed by atoms with Gasteiger partial charge in [-0.2, -0.15) is 0 Å². The molecule has 0 saturated heterocycles. The zero-order valence-electron chi connectivity index (χ0n) is 29.0. The smallest absolute Gasteiger partial charge is 0.143 e. The Kier molecular flexibility index (Phi) is 4.15. The Morgan fingerprint density at radius 1 is 0.400 bits per heavy atom. The van der Waals surface area contributed by atoms with E-state index >= 15 is 0 Å². The van der Waals surface area contributed by atoms with Crippen LogP contribution < -0.4 is 4.74 Å². The highest BCUT2D eigenvalue weighted by Gasteiger charge is 2.25.